The second-order valence-corrected chi connectivity index (χ2v) is 4.30. The molecule has 0 unspecified atom stereocenters. The summed E-state index contributed by atoms with van der Waals surface area (Å²) in [6.07, 6.45) is 4.90. The fraction of sp³-hybridized carbons (Fsp3) is 0.545. The lowest BCUT2D eigenvalue weighted by molar-refractivity contribution is -0.120. The Balaban J connectivity index is 2.28. The Kier molecular flexibility index (Phi) is 6.39. The van der Waals surface area contributed by atoms with Crippen LogP contribution in [0.3, 0.4) is 0 Å². The fourth-order valence-electron chi connectivity index (χ4n) is 1.20. The minimum absolute atomic E-state index is 0.0681. The van der Waals surface area contributed by atoms with Crippen LogP contribution in [-0.2, 0) is 4.79 Å². The number of hydrogen-bond donors (Lipinski definition) is 2. The maximum Gasteiger partial charge on any atom is 0.221 e. The predicted octanol–water partition coefficient (Wildman–Crippen LogP) is 1.53. The number of anilines is 1. The first-order chi connectivity index (χ1) is 8.26. The van der Waals surface area contributed by atoms with E-state index in [4.69, 9.17) is 0 Å². The van der Waals surface area contributed by atoms with Crippen molar-refractivity contribution in [2.75, 3.05) is 24.7 Å². The third-order valence-corrected chi connectivity index (χ3v) is 2.72. The van der Waals surface area contributed by atoms with Gasteiger partial charge in [-0.3, -0.25) is 4.79 Å². The number of amides is 1. The van der Waals surface area contributed by atoms with Crippen LogP contribution in [0.2, 0.25) is 0 Å². The molecule has 1 amide bonds. The van der Waals surface area contributed by atoms with Crippen LogP contribution in [0.1, 0.15) is 19.8 Å². The van der Waals surface area contributed by atoms with Crippen LogP contribution >= 0.6 is 11.8 Å². The van der Waals surface area contributed by atoms with Crippen molar-refractivity contribution in [3.8, 4) is 0 Å². The van der Waals surface area contributed by atoms with Gasteiger partial charge in [0.2, 0.25) is 5.91 Å². The van der Waals surface area contributed by atoms with Crippen molar-refractivity contribution >= 4 is 23.5 Å². The number of aromatic nitrogens is 2. The van der Waals surface area contributed by atoms with Crippen molar-refractivity contribution in [2.24, 2.45) is 0 Å². The average Bonchev–Trinajstić information content (AvgIpc) is 2.36. The molecule has 94 valence electrons. The van der Waals surface area contributed by atoms with E-state index in [1.807, 2.05) is 19.2 Å². The molecular weight excluding hydrogens is 236 g/mol. The van der Waals surface area contributed by atoms with Crippen molar-refractivity contribution in [1.82, 2.24) is 15.3 Å². The topological polar surface area (TPSA) is 66.9 Å². The Labute approximate surface area is 106 Å². The van der Waals surface area contributed by atoms with Gasteiger partial charge in [-0.05, 0) is 12.7 Å². The fourth-order valence-corrected chi connectivity index (χ4v) is 1.59. The lowest BCUT2D eigenvalue weighted by Crippen LogP contribution is -2.25. The molecule has 6 heteroatoms. The van der Waals surface area contributed by atoms with Gasteiger partial charge >= 0.3 is 0 Å². The highest BCUT2D eigenvalue weighted by molar-refractivity contribution is 7.98. The molecule has 0 aliphatic carbocycles. The standard InChI is InChI=1S/C11H18N4OS/c1-3-5-13-10(16)4-6-12-9-7-11(17-2)15-8-14-9/h7-8H,3-6H2,1-2H3,(H,13,16)(H,12,14,15). The molecule has 0 bridgehead atoms. The summed E-state index contributed by atoms with van der Waals surface area (Å²) in [5.74, 6) is 0.825. The SMILES string of the molecule is CCCNC(=O)CCNc1cc(SC)ncn1. The summed E-state index contributed by atoms with van der Waals surface area (Å²) in [4.78, 5) is 19.5. The van der Waals surface area contributed by atoms with E-state index in [2.05, 4.69) is 20.6 Å². The molecule has 1 aromatic heterocycles. The van der Waals surface area contributed by atoms with E-state index in [-0.39, 0.29) is 5.91 Å². The zero-order chi connectivity index (χ0) is 12.5. The highest BCUT2D eigenvalue weighted by atomic mass is 32.2. The third-order valence-electron chi connectivity index (χ3n) is 2.08. The molecule has 1 aromatic rings. The molecule has 0 radical (unpaired) electrons. The molecule has 0 atom stereocenters. The van der Waals surface area contributed by atoms with Crippen molar-refractivity contribution in [3.63, 3.8) is 0 Å². The molecule has 0 aliphatic rings. The van der Waals surface area contributed by atoms with Gasteiger partial charge in [-0.25, -0.2) is 9.97 Å². The minimum atomic E-state index is 0.0681. The lowest BCUT2D eigenvalue weighted by Gasteiger charge is -2.06. The van der Waals surface area contributed by atoms with Gasteiger partial charge in [-0.1, -0.05) is 6.92 Å². The first kappa shape index (κ1) is 13.8. The van der Waals surface area contributed by atoms with E-state index in [0.29, 0.717) is 13.0 Å². The van der Waals surface area contributed by atoms with Crippen molar-refractivity contribution in [1.29, 1.82) is 0 Å². The first-order valence-corrected chi connectivity index (χ1v) is 6.85. The van der Waals surface area contributed by atoms with Gasteiger partial charge in [-0.2, -0.15) is 0 Å². The van der Waals surface area contributed by atoms with Crippen molar-refractivity contribution < 1.29 is 4.79 Å². The average molecular weight is 254 g/mol. The third kappa shape index (κ3) is 5.53. The van der Waals surface area contributed by atoms with Crippen molar-refractivity contribution in [2.45, 2.75) is 24.8 Å². The molecule has 1 heterocycles. The highest BCUT2D eigenvalue weighted by Crippen LogP contribution is 2.13. The summed E-state index contributed by atoms with van der Waals surface area (Å²) in [6.45, 7) is 3.35. The van der Waals surface area contributed by atoms with Gasteiger partial charge in [-0.15, -0.1) is 11.8 Å². The molecule has 0 aromatic carbocycles. The van der Waals surface area contributed by atoms with Gasteiger partial charge in [0.1, 0.15) is 17.2 Å². The predicted molar refractivity (Wildman–Crippen MR) is 70.2 cm³/mol. The van der Waals surface area contributed by atoms with Crippen LogP contribution in [0, 0.1) is 0 Å². The van der Waals surface area contributed by atoms with Gasteiger partial charge in [0.15, 0.2) is 0 Å². The molecule has 0 aliphatic heterocycles. The monoisotopic (exact) mass is 254 g/mol. The molecule has 17 heavy (non-hydrogen) atoms. The quantitative estimate of drug-likeness (QED) is 0.570. The summed E-state index contributed by atoms with van der Waals surface area (Å²) in [6, 6.07) is 1.87. The van der Waals surface area contributed by atoms with E-state index in [9.17, 15) is 4.79 Å². The zero-order valence-electron chi connectivity index (χ0n) is 10.2. The molecule has 0 saturated carbocycles. The van der Waals surface area contributed by atoms with E-state index in [0.717, 1.165) is 23.8 Å². The number of carbonyl (C=O) groups is 1. The second-order valence-electron chi connectivity index (χ2n) is 3.47. The Bertz CT molecular complexity index is 359. The summed E-state index contributed by atoms with van der Waals surface area (Å²) in [5.41, 5.74) is 0. The largest absolute Gasteiger partial charge is 0.369 e. The zero-order valence-corrected chi connectivity index (χ0v) is 11.0. The molecule has 0 saturated heterocycles. The summed E-state index contributed by atoms with van der Waals surface area (Å²) >= 11 is 1.56. The Morgan fingerprint density at radius 2 is 2.24 bits per heavy atom. The van der Waals surface area contributed by atoms with Crippen molar-refractivity contribution in [3.05, 3.63) is 12.4 Å². The van der Waals surface area contributed by atoms with Crippen LogP contribution < -0.4 is 10.6 Å². The summed E-state index contributed by atoms with van der Waals surface area (Å²) in [5, 5.41) is 6.84. The second kappa shape index (κ2) is 7.89. The van der Waals surface area contributed by atoms with Crippen LogP contribution in [0.15, 0.2) is 17.4 Å². The number of nitrogens with zero attached hydrogens (tertiary/aromatic N) is 2. The van der Waals surface area contributed by atoms with Crippen LogP contribution in [-0.4, -0.2) is 35.2 Å². The molecular formula is C11H18N4OS. The molecule has 1 rings (SSSR count). The van der Waals surface area contributed by atoms with Gasteiger partial charge in [0.05, 0.1) is 0 Å². The normalized spacial score (nSPS) is 10.0. The summed E-state index contributed by atoms with van der Waals surface area (Å²) in [7, 11) is 0. The number of nitrogens with one attached hydrogen (secondary N) is 2. The maximum atomic E-state index is 11.3. The number of carbonyl (C=O) groups excluding carboxylic acids is 1. The Morgan fingerprint density at radius 3 is 2.94 bits per heavy atom. The van der Waals surface area contributed by atoms with Crippen LogP contribution in [0.25, 0.3) is 0 Å². The summed E-state index contributed by atoms with van der Waals surface area (Å²) < 4.78 is 0. The molecule has 2 N–H and O–H groups in total. The minimum Gasteiger partial charge on any atom is -0.369 e. The first-order valence-electron chi connectivity index (χ1n) is 5.63. The smallest absolute Gasteiger partial charge is 0.221 e. The molecule has 0 fully saturated rings. The highest BCUT2D eigenvalue weighted by Gasteiger charge is 2.01. The van der Waals surface area contributed by atoms with Gasteiger partial charge in [0.25, 0.3) is 0 Å². The lowest BCUT2D eigenvalue weighted by atomic mass is 10.3. The van der Waals surface area contributed by atoms with Crippen LogP contribution in [0.4, 0.5) is 5.82 Å². The maximum absolute atomic E-state index is 11.3. The van der Waals surface area contributed by atoms with Gasteiger partial charge in [0, 0.05) is 25.6 Å². The Morgan fingerprint density at radius 1 is 1.41 bits per heavy atom. The molecule has 0 spiro atoms. The number of thioether (sulfide) groups is 1. The van der Waals surface area contributed by atoms with E-state index in [1.54, 1.807) is 11.8 Å². The molecule has 5 nitrogen and oxygen atoms in total. The Hall–Kier alpha value is -1.30. The number of rotatable bonds is 7. The van der Waals surface area contributed by atoms with Crippen LogP contribution in [0.5, 0.6) is 0 Å². The number of hydrogen-bond acceptors (Lipinski definition) is 5. The van der Waals surface area contributed by atoms with E-state index < -0.39 is 0 Å². The van der Waals surface area contributed by atoms with E-state index in [1.165, 1.54) is 6.33 Å². The van der Waals surface area contributed by atoms with Gasteiger partial charge < -0.3 is 10.6 Å². The van der Waals surface area contributed by atoms with E-state index >= 15 is 0 Å².